The van der Waals surface area contributed by atoms with Crippen LogP contribution < -0.4 is 4.72 Å². The van der Waals surface area contributed by atoms with Gasteiger partial charge in [0.15, 0.2) is 0 Å². The van der Waals surface area contributed by atoms with E-state index in [9.17, 15) is 17.4 Å². The number of hydrogen-bond acceptors (Lipinski definition) is 5. The van der Waals surface area contributed by atoms with Crippen LogP contribution in [0.5, 0.6) is 0 Å². The number of sulfonamides is 1. The zero-order chi connectivity index (χ0) is 15.5. The molecule has 0 radical (unpaired) electrons. The Labute approximate surface area is 132 Å². The highest BCUT2D eigenvalue weighted by atomic mass is 79.9. The van der Waals surface area contributed by atoms with Crippen molar-refractivity contribution in [2.75, 3.05) is 12.0 Å². The fraction of sp³-hybridized carbons (Fsp3) is 0.500. The highest BCUT2D eigenvalue weighted by Gasteiger charge is 2.24. The average Bonchev–Trinajstić information content (AvgIpc) is 2.69. The normalized spacial score (nSPS) is 14.9. The van der Waals surface area contributed by atoms with Crippen LogP contribution in [0.2, 0.25) is 0 Å². The number of halogens is 1. The molecule has 10 heteroatoms. The minimum Gasteiger partial charge on any atom is -0.477 e. The van der Waals surface area contributed by atoms with Crippen LogP contribution in [0.3, 0.4) is 0 Å². The van der Waals surface area contributed by atoms with Crippen molar-refractivity contribution in [3.05, 3.63) is 14.7 Å². The molecular formula is C10H14BrNO5S3. The zero-order valence-electron chi connectivity index (χ0n) is 10.8. The SMILES string of the molecule is CC(CCS(C)=O)NS(=O)(=O)c1cc(C(=O)O)sc1Br. The smallest absolute Gasteiger partial charge is 0.345 e. The van der Waals surface area contributed by atoms with Gasteiger partial charge < -0.3 is 5.11 Å². The lowest BCUT2D eigenvalue weighted by atomic mass is 10.3. The molecule has 0 aliphatic rings. The molecule has 6 nitrogen and oxygen atoms in total. The molecule has 0 fully saturated rings. The van der Waals surface area contributed by atoms with Gasteiger partial charge >= 0.3 is 5.97 Å². The van der Waals surface area contributed by atoms with Crippen LogP contribution in [0.25, 0.3) is 0 Å². The Balaban J connectivity index is 2.88. The molecule has 0 saturated carbocycles. The number of thiophene rings is 1. The van der Waals surface area contributed by atoms with Crippen LogP contribution in [-0.2, 0) is 20.8 Å². The molecule has 1 heterocycles. The first-order chi connectivity index (χ1) is 9.13. The fourth-order valence-corrected chi connectivity index (χ4v) is 5.74. The molecule has 0 bridgehead atoms. The predicted octanol–water partition coefficient (Wildman–Crippen LogP) is 1.64. The molecule has 0 aliphatic carbocycles. The van der Waals surface area contributed by atoms with Crippen LogP contribution in [-0.4, -0.2) is 41.8 Å². The number of hydrogen-bond donors (Lipinski definition) is 2. The third-order valence-electron chi connectivity index (χ3n) is 2.35. The number of nitrogens with one attached hydrogen (secondary N) is 1. The van der Waals surface area contributed by atoms with Gasteiger partial charge in [-0.1, -0.05) is 0 Å². The molecule has 20 heavy (non-hydrogen) atoms. The van der Waals surface area contributed by atoms with E-state index < -0.39 is 26.8 Å². The zero-order valence-corrected chi connectivity index (χ0v) is 14.8. The van der Waals surface area contributed by atoms with Crippen molar-refractivity contribution < 1.29 is 22.5 Å². The Hall–Kier alpha value is -0.290. The van der Waals surface area contributed by atoms with E-state index in [1.807, 2.05) is 0 Å². The Kier molecular flexibility index (Phi) is 6.32. The monoisotopic (exact) mass is 403 g/mol. The van der Waals surface area contributed by atoms with Crippen molar-refractivity contribution in [2.45, 2.75) is 24.3 Å². The molecule has 2 unspecified atom stereocenters. The minimum atomic E-state index is -3.80. The summed E-state index contributed by atoms with van der Waals surface area (Å²) in [6, 6.07) is 0.730. The largest absolute Gasteiger partial charge is 0.477 e. The van der Waals surface area contributed by atoms with Crippen molar-refractivity contribution in [3.8, 4) is 0 Å². The average molecular weight is 404 g/mol. The Bertz CT molecular complexity index is 625. The summed E-state index contributed by atoms with van der Waals surface area (Å²) >= 11 is 3.90. The van der Waals surface area contributed by atoms with Gasteiger partial charge in [-0.25, -0.2) is 17.9 Å². The summed E-state index contributed by atoms with van der Waals surface area (Å²) in [6.45, 7) is 1.67. The van der Waals surface area contributed by atoms with E-state index in [0.717, 1.165) is 17.4 Å². The number of carboxylic acid groups (broad SMARTS) is 1. The van der Waals surface area contributed by atoms with E-state index in [-0.39, 0.29) is 19.6 Å². The summed E-state index contributed by atoms with van der Waals surface area (Å²) in [7, 11) is -4.78. The summed E-state index contributed by atoms with van der Waals surface area (Å²) in [4.78, 5) is 10.7. The van der Waals surface area contributed by atoms with Gasteiger partial charge in [0.1, 0.15) is 9.77 Å². The summed E-state index contributed by atoms with van der Waals surface area (Å²) in [5.41, 5.74) is 0. The van der Waals surface area contributed by atoms with Crippen molar-refractivity contribution in [2.24, 2.45) is 0 Å². The van der Waals surface area contributed by atoms with Gasteiger partial charge in [0.05, 0.1) is 3.79 Å². The number of carbonyl (C=O) groups is 1. The lowest BCUT2D eigenvalue weighted by molar-refractivity contribution is 0.0702. The first kappa shape index (κ1) is 17.8. The number of aromatic carboxylic acids is 1. The Morgan fingerprint density at radius 2 is 2.20 bits per heavy atom. The Morgan fingerprint density at radius 1 is 1.60 bits per heavy atom. The quantitative estimate of drug-likeness (QED) is 0.720. The van der Waals surface area contributed by atoms with Crippen LogP contribution in [0, 0.1) is 0 Å². The number of carboxylic acids is 1. The fourth-order valence-electron chi connectivity index (χ4n) is 1.37. The van der Waals surface area contributed by atoms with E-state index in [1.165, 1.54) is 0 Å². The topological polar surface area (TPSA) is 101 Å². The van der Waals surface area contributed by atoms with Crippen molar-refractivity contribution in [1.29, 1.82) is 0 Å². The molecule has 2 atom stereocenters. The van der Waals surface area contributed by atoms with Gasteiger partial charge in [-0.2, -0.15) is 0 Å². The third-order valence-corrected chi connectivity index (χ3v) is 6.99. The van der Waals surface area contributed by atoms with E-state index in [0.29, 0.717) is 12.2 Å². The van der Waals surface area contributed by atoms with Crippen molar-refractivity contribution >= 4 is 54.1 Å². The molecule has 1 aromatic heterocycles. The summed E-state index contributed by atoms with van der Waals surface area (Å²) in [6.07, 6.45) is 1.99. The summed E-state index contributed by atoms with van der Waals surface area (Å²) < 4.78 is 37.9. The molecule has 2 N–H and O–H groups in total. The predicted molar refractivity (Wildman–Crippen MR) is 82.3 cm³/mol. The highest BCUT2D eigenvalue weighted by molar-refractivity contribution is 9.11. The molecule has 0 aromatic carbocycles. The van der Waals surface area contributed by atoms with Gasteiger partial charge in [-0.15, -0.1) is 11.3 Å². The van der Waals surface area contributed by atoms with Crippen LogP contribution >= 0.6 is 27.3 Å². The van der Waals surface area contributed by atoms with Crippen LogP contribution in [0.15, 0.2) is 14.7 Å². The third kappa shape index (κ3) is 4.92. The van der Waals surface area contributed by atoms with Crippen molar-refractivity contribution in [3.63, 3.8) is 0 Å². The second-order valence-corrected chi connectivity index (χ2v) is 9.75. The first-order valence-electron chi connectivity index (χ1n) is 5.48. The lowest BCUT2D eigenvalue weighted by Gasteiger charge is -2.13. The lowest BCUT2D eigenvalue weighted by Crippen LogP contribution is -2.33. The van der Waals surface area contributed by atoms with Crippen molar-refractivity contribution in [1.82, 2.24) is 4.72 Å². The number of rotatable bonds is 7. The molecule has 0 aliphatic heterocycles. The van der Waals surface area contributed by atoms with E-state index >= 15 is 0 Å². The van der Waals surface area contributed by atoms with Crippen LogP contribution in [0.4, 0.5) is 0 Å². The van der Waals surface area contributed by atoms with Gasteiger partial charge in [-0.05, 0) is 35.3 Å². The van der Waals surface area contributed by atoms with E-state index in [2.05, 4.69) is 20.7 Å². The molecule has 1 rings (SSSR count). The first-order valence-corrected chi connectivity index (χ1v) is 10.3. The summed E-state index contributed by atoms with van der Waals surface area (Å²) in [5.74, 6) is -0.777. The molecular weight excluding hydrogens is 390 g/mol. The van der Waals surface area contributed by atoms with E-state index in [4.69, 9.17) is 5.11 Å². The standard InChI is InChI=1S/C10H14BrNO5S3/c1-6(3-4-19(2)15)12-20(16,17)8-5-7(10(13)14)18-9(8)11/h5-6,12H,3-4H2,1-2H3,(H,13,14). The molecule has 114 valence electrons. The second-order valence-electron chi connectivity index (χ2n) is 4.14. The maximum Gasteiger partial charge on any atom is 0.345 e. The molecule has 0 amide bonds. The van der Waals surface area contributed by atoms with E-state index in [1.54, 1.807) is 13.2 Å². The highest BCUT2D eigenvalue weighted by Crippen LogP contribution is 2.31. The second kappa shape index (κ2) is 7.12. The maximum absolute atomic E-state index is 12.1. The molecule has 0 spiro atoms. The Morgan fingerprint density at radius 3 is 2.65 bits per heavy atom. The minimum absolute atomic E-state index is 0.0560. The van der Waals surface area contributed by atoms with Crippen LogP contribution in [0.1, 0.15) is 23.0 Å². The summed E-state index contributed by atoms with van der Waals surface area (Å²) in [5, 5.41) is 8.86. The van der Waals surface area contributed by atoms with Gasteiger partial charge in [-0.3, -0.25) is 4.21 Å². The maximum atomic E-state index is 12.1. The van der Waals surface area contributed by atoms with Gasteiger partial charge in [0, 0.05) is 28.9 Å². The molecule has 0 saturated heterocycles. The van der Waals surface area contributed by atoms with Gasteiger partial charge in [0.2, 0.25) is 10.0 Å². The molecule has 1 aromatic rings. The van der Waals surface area contributed by atoms with Gasteiger partial charge in [0.25, 0.3) is 0 Å².